The summed E-state index contributed by atoms with van der Waals surface area (Å²) < 4.78 is 14.9. The quantitative estimate of drug-likeness (QED) is 0.395. The monoisotopic (exact) mass is 428 g/mol. The molecule has 6 rings (SSSR count). The molecular formula is C23H21FN8. The number of hydrogen-bond donors (Lipinski definition) is 3. The minimum absolute atomic E-state index is 0.260. The highest BCUT2D eigenvalue weighted by molar-refractivity contribution is 5.97. The molecule has 0 bridgehead atoms. The van der Waals surface area contributed by atoms with Gasteiger partial charge in [0.05, 0.1) is 11.2 Å². The van der Waals surface area contributed by atoms with Crippen molar-refractivity contribution in [2.45, 2.75) is 19.3 Å². The smallest absolute Gasteiger partial charge is 0.157 e. The van der Waals surface area contributed by atoms with E-state index in [0.29, 0.717) is 28.2 Å². The molecule has 1 aliphatic heterocycles. The number of benzene rings is 1. The molecule has 0 radical (unpaired) electrons. The third-order valence-corrected chi connectivity index (χ3v) is 5.98. The van der Waals surface area contributed by atoms with Crippen molar-refractivity contribution in [3.63, 3.8) is 0 Å². The van der Waals surface area contributed by atoms with Crippen molar-refractivity contribution >= 4 is 33.4 Å². The van der Waals surface area contributed by atoms with Crippen molar-refractivity contribution in [1.82, 2.24) is 30.1 Å². The molecule has 9 heteroatoms. The molecule has 32 heavy (non-hydrogen) atoms. The van der Waals surface area contributed by atoms with Gasteiger partial charge in [0, 0.05) is 42.6 Å². The average molecular weight is 428 g/mol. The first kappa shape index (κ1) is 18.7. The molecule has 8 nitrogen and oxygen atoms in total. The van der Waals surface area contributed by atoms with E-state index in [1.807, 2.05) is 12.1 Å². The van der Waals surface area contributed by atoms with Gasteiger partial charge in [-0.3, -0.25) is 10.1 Å². The number of halogens is 1. The van der Waals surface area contributed by atoms with Crippen molar-refractivity contribution in [1.29, 1.82) is 0 Å². The summed E-state index contributed by atoms with van der Waals surface area (Å²) in [5.41, 5.74) is 10.4. The molecule has 1 aliphatic rings. The Balaban J connectivity index is 1.49. The standard InChI is InChI=1S/C23H21FN8/c24-17-10-13(14-8-15(25)12-26-11-14)9-16-19(17)30-31-20(16)22-28-18-4-5-27-23(21(18)29-22)32-6-2-1-3-7-32/h4-5,8-12H,1-3,6-7,25H2,(H,28,29)(H,30,31). The summed E-state index contributed by atoms with van der Waals surface area (Å²) in [5.74, 6) is 1.05. The van der Waals surface area contributed by atoms with E-state index >= 15 is 0 Å². The van der Waals surface area contributed by atoms with E-state index in [4.69, 9.17) is 10.7 Å². The van der Waals surface area contributed by atoms with E-state index in [2.05, 4.69) is 30.0 Å². The predicted octanol–water partition coefficient (Wildman–Crippen LogP) is 4.27. The topological polar surface area (TPSA) is 112 Å². The van der Waals surface area contributed by atoms with Crippen LogP contribution in [-0.2, 0) is 0 Å². The first-order valence-electron chi connectivity index (χ1n) is 10.7. The number of rotatable bonds is 3. The van der Waals surface area contributed by atoms with Crippen LogP contribution in [0.2, 0.25) is 0 Å². The van der Waals surface area contributed by atoms with Gasteiger partial charge in [0.2, 0.25) is 0 Å². The van der Waals surface area contributed by atoms with Gasteiger partial charge >= 0.3 is 0 Å². The lowest BCUT2D eigenvalue weighted by molar-refractivity contribution is 0.574. The fourth-order valence-corrected chi connectivity index (χ4v) is 4.41. The molecule has 1 fully saturated rings. The third kappa shape index (κ3) is 3.05. The Kier molecular flexibility index (Phi) is 4.27. The highest BCUT2D eigenvalue weighted by Crippen LogP contribution is 2.33. The van der Waals surface area contributed by atoms with E-state index in [0.717, 1.165) is 48.3 Å². The molecule has 1 aromatic carbocycles. The summed E-state index contributed by atoms with van der Waals surface area (Å²) in [7, 11) is 0. The first-order valence-corrected chi connectivity index (χ1v) is 10.7. The Morgan fingerprint density at radius 1 is 1.00 bits per heavy atom. The van der Waals surface area contributed by atoms with E-state index in [1.54, 1.807) is 24.7 Å². The van der Waals surface area contributed by atoms with Gasteiger partial charge in [-0.2, -0.15) is 5.10 Å². The van der Waals surface area contributed by atoms with Crippen LogP contribution in [0, 0.1) is 5.82 Å². The highest BCUT2D eigenvalue weighted by atomic mass is 19.1. The second-order valence-electron chi connectivity index (χ2n) is 8.12. The van der Waals surface area contributed by atoms with Crippen LogP contribution >= 0.6 is 0 Å². The maximum absolute atomic E-state index is 14.9. The molecule has 0 saturated carbocycles. The normalized spacial score (nSPS) is 14.5. The van der Waals surface area contributed by atoms with Crippen molar-refractivity contribution in [2.24, 2.45) is 0 Å². The Morgan fingerprint density at radius 3 is 2.72 bits per heavy atom. The molecule has 5 heterocycles. The molecule has 1 saturated heterocycles. The van der Waals surface area contributed by atoms with Crippen molar-refractivity contribution in [3.05, 3.63) is 48.7 Å². The molecule has 5 aromatic rings. The van der Waals surface area contributed by atoms with Crippen LogP contribution in [0.3, 0.4) is 0 Å². The zero-order valence-electron chi connectivity index (χ0n) is 17.3. The molecule has 0 aliphatic carbocycles. The number of aromatic amines is 2. The number of piperidine rings is 1. The van der Waals surface area contributed by atoms with Gasteiger partial charge in [-0.15, -0.1) is 0 Å². The maximum atomic E-state index is 14.9. The summed E-state index contributed by atoms with van der Waals surface area (Å²) >= 11 is 0. The number of aromatic nitrogens is 6. The molecule has 4 aromatic heterocycles. The summed E-state index contributed by atoms with van der Waals surface area (Å²) in [5, 5.41) is 7.80. The van der Waals surface area contributed by atoms with Gasteiger partial charge in [-0.05, 0) is 49.1 Å². The minimum atomic E-state index is -0.422. The van der Waals surface area contributed by atoms with E-state index in [9.17, 15) is 4.39 Å². The summed E-state index contributed by atoms with van der Waals surface area (Å²) in [6, 6.07) is 7.00. The number of anilines is 2. The van der Waals surface area contributed by atoms with Crippen LogP contribution in [0.15, 0.2) is 42.9 Å². The number of nitrogens with two attached hydrogens (primary N) is 1. The van der Waals surface area contributed by atoms with Crippen LogP contribution in [0.25, 0.3) is 44.6 Å². The third-order valence-electron chi connectivity index (χ3n) is 5.98. The van der Waals surface area contributed by atoms with E-state index < -0.39 is 5.82 Å². The lowest BCUT2D eigenvalue weighted by Gasteiger charge is -2.27. The Morgan fingerprint density at radius 2 is 1.88 bits per heavy atom. The molecule has 0 unspecified atom stereocenters. The SMILES string of the molecule is Nc1cncc(-c2cc(F)c3n[nH]c(-c4nc5c(N6CCCCC6)nccc5[nH]4)c3c2)c1. The van der Waals surface area contributed by atoms with Crippen molar-refractivity contribution in [2.75, 3.05) is 23.7 Å². The van der Waals surface area contributed by atoms with Gasteiger partial charge < -0.3 is 15.6 Å². The second-order valence-corrected chi connectivity index (χ2v) is 8.12. The zero-order valence-corrected chi connectivity index (χ0v) is 17.3. The number of nitrogens with zero attached hydrogens (tertiary/aromatic N) is 5. The van der Waals surface area contributed by atoms with Crippen molar-refractivity contribution < 1.29 is 4.39 Å². The van der Waals surface area contributed by atoms with Crippen LogP contribution in [0.1, 0.15) is 19.3 Å². The van der Waals surface area contributed by atoms with Crippen LogP contribution in [0.5, 0.6) is 0 Å². The molecule has 0 spiro atoms. The zero-order chi connectivity index (χ0) is 21.7. The summed E-state index contributed by atoms with van der Waals surface area (Å²) in [6.45, 7) is 1.95. The van der Waals surface area contributed by atoms with Gasteiger partial charge in [0.1, 0.15) is 16.7 Å². The summed E-state index contributed by atoms with van der Waals surface area (Å²) in [4.78, 5) is 19.2. The minimum Gasteiger partial charge on any atom is -0.397 e. The lowest BCUT2D eigenvalue weighted by Crippen LogP contribution is -2.30. The predicted molar refractivity (Wildman–Crippen MR) is 123 cm³/mol. The maximum Gasteiger partial charge on any atom is 0.157 e. The number of pyridine rings is 2. The van der Waals surface area contributed by atoms with E-state index in [-0.39, 0.29) is 5.52 Å². The van der Waals surface area contributed by atoms with Gasteiger partial charge in [-0.1, -0.05) is 0 Å². The van der Waals surface area contributed by atoms with Gasteiger partial charge in [0.15, 0.2) is 17.5 Å². The fraction of sp³-hybridized carbons (Fsp3) is 0.217. The number of H-pyrrole nitrogens is 2. The van der Waals surface area contributed by atoms with Crippen molar-refractivity contribution in [3.8, 4) is 22.6 Å². The average Bonchev–Trinajstić information content (AvgIpc) is 3.44. The van der Waals surface area contributed by atoms with Gasteiger partial charge in [0.25, 0.3) is 0 Å². The van der Waals surface area contributed by atoms with Crippen LogP contribution in [-0.4, -0.2) is 43.2 Å². The number of imidazole rings is 1. The number of nitrogens with one attached hydrogen (secondary N) is 2. The fourth-order valence-electron chi connectivity index (χ4n) is 4.41. The Hall–Kier alpha value is -4.01. The van der Waals surface area contributed by atoms with Gasteiger partial charge in [-0.25, -0.2) is 14.4 Å². The van der Waals surface area contributed by atoms with E-state index in [1.165, 1.54) is 12.5 Å². The molecule has 0 amide bonds. The first-order chi connectivity index (χ1) is 15.7. The highest BCUT2D eigenvalue weighted by Gasteiger charge is 2.20. The molecule has 0 atom stereocenters. The molecular weight excluding hydrogens is 407 g/mol. The van der Waals surface area contributed by atoms with Crippen LogP contribution in [0.4, 0.5) is 15.9 Å². The lowest BCUT2D eigenvalue weighted by atomic mass is 10.0. The number of hydrogen-bond acceptors (Lipinski definition) is 6. The summed E-state index contributed by atoms with van der Waals surface area (Å²) in [6.07, 6.45) is 8.57. The second kappa shape index (κ2) is 7.30. The Labute approximate surface area is 182 Å². The number of nitrogen functional groups attached to an aromatic ring is 1. The molecule has 160 valence electrons. The Bertz CT molecular complexity index is 1450. The molecule has 4 N–H and O–H groups in total. The van der Waals surface area contributed by atoms with Crippen LogP contribution < -0.4 is 10.6 Å². The number of fused-ring (bicyclic) bond motifs is 2. The largest absolute Gasteiger partial charge is 0.397 e.